The Hall–Kier alpha value is -3.79. The van der Waals surface area contributed by atoms with Crippen LogP contribution < -0.4 is 19.9 Å². The molecule has 0 unspecified atom stereocenters. The quantitative estimate of drug-likeness (QED) is 0.261. The average Bonchev–Trinajstić information content (AvgIpc) is 3.16. The molecule has 0 spiro atoms. The number of fused-ring (bicyclic) bond motifs is 1. The molecule has 1 aliphatic heterocycles. The van der Waals surface area contributed by atoms with E-state index in [4.69, 9.17) is 19.9 Å². The summed E-state index contributed by atoms with van der Waals surface area (Å²) in [4.78, 5) is 10.4. The smallest absolute Gasteiger partial charge is 0.269 e. The minimum atomic E-state index is -0.483. The third kappa shape index (κ3) is 4.17. The lowest BCUT2D eigenvalue weighted by Crippen LogP contribution is -2.21. The normalized spacial score (nSPS) is 14.8. The number of benzene rings is 2. The molecule has 0 saturated heterocycles. The number of nitro groups is 1. The highest BCUT2D eigenvalue weighted by Gasteiger charge is 2.35. The Kier molecular flexibility index (Phi) is 6.10. The van der Waals surface area contributed by atoms with E-state index in [1.54, 1.807) is 18.2 Å². The molecule has 0 saturated carbocycles. The van der Waals surface area contributed by atoms with Crippen LogP contribution in [0.1, 0.15) is 28.3 Å². The second-order valence-corrected chi connectivity index (χ2v) is 8.40. The molecule has 1 aliphatic rings. The van der Waals surface area contributed by atoms with Gasteiger partial charge in [-0.1, -0.05) is 0 Å². The lowest BCUT2D eigenvalue weighted by Gasteiger charge is -2.25. The summed E-state index contributed by atoms with van der Waals surface area (Å²) in [6.07, 6.45) is 0. The number of aromatic nitrogens is 2. The number of rotatable bonds is 6. The number of H-pyrrole nitrogens is 1. The molecule has 2 aromatic carbocycles. The van der Waals surface area contributed by atoms with Crippen LogP contribution in [0, 0.1) is 31.9 Å². The first-order chi connectivity index (χ1) is 15.8. The molecule has 1 atom stereocenters. The van der Waals surface area contributed by atoms with E-state index in [0.29, 0.717) is 17.4 Å². The van der Waals surface area contributed by atoms with Crippen LogP contribution in [0.25, 0.3) is 0 Å². The minimum Gasteiger partial charge on any atom is -0.493 e. The third-order valence-electron chi connectivity index (χ3n) is 5.24. The first-order valence-electron chi connectivity index (χ1n) is 9.70. The highest BCUT2D eigenvalue weighted by Crippen LogP contribution is 2.45. The molecule has 3 aromatic rings. The van der Waals surface area contributed by atoms with Crippen molar-refractivity contribution in [1.82, 2.24) is 10.2 Å². The summed E-state index contributed by atoms with van der Waals surface area (Å²) in [6, 6.07) is 12.0. The van der Waals surface area contributed by atoms with Crippen molar-refractivity contribution in [2.45, 2.75) is 19.4 Å². The Balaban J connectivity index is 1.69. The fourth-order valence-electron chi connectivity index (χ4n) is 3.65. The molecule has 0 aliphatic carbocycles. The van der Waals surface area contributed by atoms with E-state index in [0.717, 1.165) is 26.0 Å². The number of methoxy groups -OCH3 is 1. The maximum Gasteiger partial charge on any atom is 0.269 e. The van der Waals surface area contributed by atoms with Crippen molar-refractivity contribution in [3.8, 4) is 23.4 Å². The maximum absolute atomic E-state index is 10.8. The number of nitrogens with one attached hydrogen (secondary N) is 1. The van der Waals surface area contributed by atoms with Crippen molar-refractivity contribution in [3.63, 3.8) is 0 Å². The lowest BCUT2D eigenvalue weighted by atomic mass is 9.84. The van der Waals surface area contributed by atoms with Gasteiger partial charge in [-0.25, -0.2) is 0 Å². The zero-order valence-corrected chi connectivity index (χ0v) is 19.7. The van der Waals surface area contributed by atoms with Gasteiger partial charge in [-0.2, -0.15) is 5.26 Å². The molecule has 0 fully saturated rings. The molecule has 1 aromatic heterocycles. The monoisotopic (exact) mass is 559 g/mol. The summed E-state index contributed by atoms with van der Waals surface area (Å²) < 4.78 is 17.9. The van der Waals surface area contributed by atoms with Gasteiger partial charge in [0.05, 0.1) is 21.5 Å². The van der Waals surface area contributed by atoms with Crippen molar-refractivity contribution in [3.05, 3.63) is 83.9 Å². The number of nitrogens with two attached hydrogens (primary N) is 1. The summed E-state index contributed by atoms with van der Waals surface area (Å²) in [6.45, 7) is 2.05. The van der Waals surface area contributed by atoms with E-state index >= 15 is 0 Å². The van der Waals surface area contributed by atoms with Crippen LogP contribution in [-0.2, 0) is 6.61 Å². The number of halogens is 1. The number of nitriles is 1. The average molecular weight is 559 g/mol. The van der Waals surface area contributed by atoms with Crippen molar-refractivity contribution in [2.75, 3.05) is 7.11 Å². The van der Waals surface area contributed by atoms with Crippen molar-refractivity contribution in [1.29, 1.82) is 5.26 Å². The zero-order chi connectivity index (χ0) is 23.7. The summed E-state index contributed by atoms with van der Waals surface area (Å²) in [5, 5.41) is 27.6. The molecule has 2 heterocycles. The number of aromatic amines is 1. The van der Waals surface area contributed by atoms with Crippen LogP contribution >= 0.6 is 22.6 Å². The molecular formula is C22H18IN5O5. The molecular weight excluding hydrogens is 541 g/mol. The van der Waals surface area contributed by atoms with E-state index in [2.05, 4.69) is 38.9 Å². The summed E-state index contributed by atoms with van der Waals surface area (Å²) in [7, 11) is 1.53. The van der Waals surface area contributed by atoms with Gasteiger partial charge in [-0.3, -0.25) is 15.2 Å². The Labute approximate surface area is 202 Å². The van der Waals surface area contributed by atoms with Crippen LogP contribution in [0.15, 0.2) is 47.9 Å². The van der Waals surface area contributed by atoms with E-state index in [1.807, 2.05) is 13.0 Å². The van der Waals surface area contributed by atoms with Gasteiger partial charge in [-0.15, -0.1) is 5.10 Å². The maximum atomic E-state index is 10.8. The van der Waals surface area contributed by atoms with Crippen molar-refractivity contribution < 1.29 is 19.1 Å². The second kappa shape index (κ2) is 8.99. The standard InChI is InChI=1S/C22H18IN5O5/c1-11-18-19(15(9-24)21(25)33-22(18)27-26-11)13-7-16(23)20(17(8-13)31-2)32-10-12-3-5-14(6-4-12)28(29)30/h3-8,19H,10,25H2,1-2H3,(H,26,27)/t19-/m0/s1. The van der Waals surface area contributed by atoms with E-state index in [-0.39, 0.29) is 23.8 Å². The van der Waals surface area contributed by atoms with E-state index in [1.165, 1.54) is 19.2 Å². The molecule has 168 valence electrons. The topological polar surface area (TPSA) is 149 Å². The lowest BCUT2D eigenvalue weighted by molar-refractivity contribution is -0.384. The molecule has 3 N–H and O–H groups in total. The number of non-ortho nitro benzene ring substituents is 1. The van der Waals surface area contributed by atoms with Crippen LogP contribution in [0.2, 0.25) is 0 Å². The first kappa shape index (κ1) is 22.4. The Morgan fingerprint density at radius 3 is 2.73 bits per heavy atom. The van der Waals surface area contributed by atoms with Gasteiger partial charge in [0.1, 0.15) is 18.2 Å². The first-order valence-corrected chi connectivity index (χ1v) is 10.8. The van der Waals surface area contributed by atoms with Gasteiger partial charge in [-0.05, 0) is 64.9 Å². The number of nitro benzene ring substituents is 1. The van der Waals surface area contributed by atoms with E-state index < -0.39 is 10.8 Å². The van der Waals surface area contributed by atoms with Gasteiger partial charge in [0, 0.05) is 23.4 Å². The molecule has 10 nitrogen and oxygen atoms in total. The molecule has 0 bridgehead atoms. The number of aryl methyl sites for hydroxylation is 1. The van der Waals surface area contributed by atoms with E-state index in [9.17, 15) is 15.4 Å². The van der Waals surface area contributed by atoms with Gasteiger partial charge in [0.15, 0.2) is 11.5 Å². The van der Waals surface area contributed by atoms with Gasteiger partial charge < -0.3 is 19.9 Å². The summed E-state index contributed by atoms with van der Waals surface area (Å²) in [5.41, 5.74) is 9.34. The van der Waals surface area contributed by atoms with Crippen molar-refractivity contribution in [2.24, 2.45) is 5.73 Å². The molecule has 0 radical (unpaired) electrons. The fraction of sp³-hybridized carbons (Fsp3) is 0.182. The van der Waals surface area contributed by atoms with Crippen LogP contribution in [0.5, 0.6) is 17.4 Å². The van der Waals surface area contributed by atoms with Crippen molar-refractivity contribution >= 4 is 28.3 Å². The van der Waals surface area contributed by atoms with Crippen LogP contribution in [0.4, 0.5) is 5.69 Å². The predicted octanol–water partition coefficient (Wildman–Crippen LogP) is 4.04. The second-order valence-electron chi connectivity index (χ2n) is 7.24. The number of hydrogen-bond donors (Lipinski definition) is 2. The van der Waals surface area contributed by atoms with Gasteiger partial charge in [0.2, 0.25) is 11.8 Å². The number of ether oxygens (including phenoxy) is 3. The Morgan fingerprint density at radius 1 is 1.36 bits per heavy atom. The Bertz CT molecular complexity index is 1310. The number of allylic oxidation sites excluding steroid dienone is 1. The van der Waals surface area contributed by atoms with Gasteiger partial charge in [0.25, 0.3) is 5.69 Å². The highest BCUT2D eigenvalue weighted by molar-refractivity contribution is 14.1. The van der Waals surface area contributed by atoms with Crippen LogP contribution in [0.3, 0.4) is 0 Å². The number of nitrogens with zero attached hydrogens (tertiary/aromatic N) is 3. The number of hydrogen-bond acceptors (Lipinski definition) is 8. The predicted molar refractivity (Wildman–Crippen MR) is 126 cm³/mol. The van der Waals surface area contributed by atoms with Crippen LogP contribution in [-0.4, -0.2) is 22.2 Å². The summed E-state index contributed by atoms with van der Waals surface area (Å²) in [5.74, 6) is 0.856. The summed E-state index contributed by atoms with van der Waals surface area (Å²) >= 11 is 2.14. The largest absolute Gasteiger partial charge is 0.493 e. The molecule has 33 heavy (non-hydrogen) atoms. The minimum absolute atomic E-state index is 0.00831. The van der Waals surface area contributed by atoms with Gasteiger partial charge >= 0.3 is 0 Å². The molecule has 11 heteroatoms. The highest BCUT2D eigenvalue weighted by atomic mass is 127. The fourth-order valence-corrected chi connectivity index (χ4v) is 4.43. The molecule has 4 rings (SSSR count). The SMILES string of the molecule is COc1cc([C@H]2C(C#N)=C(N)Oc3n[nH]c(C)c32)cc(I)c1OCc1ccc([N+](=O)[O-])cc1. The third-order valence-corrected chi connectivity index (χ3v) is 6.05. The Morgan fingerprint density at radius 2 is 2.09 bits per heavy atom. The zero-order valence-electron chi connectivity index (χ0n) is 17.6. The molecule has 0 amide bonds.